The van der Waals surface area contributed by atoms with Crippen LogP contribution in [0.4, 0.5) is 0 Å². The standard InChI is InChI=1S/C20H18N2O4/c23-20(14-5-6-17(22-11-14)15-8-10-24-12-15)21-9-7-16-13-25-18-3-1-2-4-19(18)26-16/h1-6,8,10-12,16H,7,9,13H2,(H,21,23)/t16-/m0/s1. The Morgan fingerprint density at radius 2 is 2.04 bits per heavy atom. The third kappa shape index (κ3) is 3.54. The second kappa shape index (κ2) is 7.31. The van der Waals surface area contributed by atoms with Gasteiger partial charge in [0.2, 0.25) is 0 Å². The van der Waals surface area contributed by atoms with Gasteiger partial charge in [0, 0.05) is 24.7 Å². The largest absolute Gasteiger partial charge is 0.486 e. The molecular weight excluding hydrogens is 332 g/mol. The Labute approximate surface area is 150 Å². The number of furan rings is 1. The maximum Gasteiger partial charge on any atom is 0.252 e. The highest BCUT2D eigenvalue weighted by Gasteiger charge is 2.20. The van der Waals surface area contributed by atoms with Gasteiger partial charge in [-0.15, -0.1) is 0 Å². The SMILES string of the molecule is O=C(NCC[C@H]1COc2ccccc2O1)c1ccc(-c2ccoc2)nc1. The number of pyridine rings is 1. The number of rotatable bonds is 5. The third-order valence-electron chi connectivity index (χ3n) is 4.16. The first kappa shape index (κ1) is 16.2. The van der Waals surface area contributed by atoms with Gasteiger partial charge in [-0.25, -0.2) is 0 Å². The number of nitrogens with one attached hydrogen (secondary N) is 1. The quantitative estimate of drug-likeness (QED) is 0.764. The molecule has 6 heteroatoms. The lowest BCUT2D eigenvalue weighted by molar-refractivity contribution is 0.0812. The summed E-state index contributed by atoms with van der Waals surface area (Å²) in [6.07, 6.45) is 5.36. The first-order valence-corrected chi connectivity index (χ1v) is 8.45. The van der Waals surface area contributed by atoms with E-state index in [9.17, 15) is 4.79 Å². The monoisotopic (exact) mass is 350 g/mol. The highest BCUT2D eigenvalue weighted by molar-refractivity contribution is 5.94. The molecule has 1 N–H and O–H groups in total. The van der Waals surface area contributed by atoms with Crippen molar-refractivity contribution in [2.45, 2.75) is 12.5 Å². The van der Waals surface area contributed by atoms with Gasteiger partial charge in [-0.3, -0.25) is 9.78 Å². The number of fused-ring (bicyclic) bond motifs is 1. The minimum Gasteiger partial charge on any atom is -0.486 e. The van der Waals surface area contributed by atoms with Crippen molar-refractivity contribution in [2.75, 3.05) is 13.2 Å². The van der Waals surface area contributed by atoms with Gasteiger partial charge in [0.25, 0.3) is 5.91 Å². The van der Waals surface area contributed by atoms with Crippen molar-refractivity contribution in [2.24, 2.45) is 0 Å². The fourth-order valence-electron chi connectivity index (χ4n) is 2.76. The predicted octanol–water partition coefficient (Wildman–Crippen LogP) is 3.30. The molecule has 1 amide bonds. The number of para-hydroxylation sites is 2. The topological polar surface area (TPSA) is 73.6 Å². The summed E-state index contributed by atoms with van der Waals surface area (Å²) >= 11 is 0. The molecule has 0 spiro atoms. The minimum absolute atomic E-state index is 0.0770. The second-order valence-corrected chi connectivity index (χ2v) is 5.99. The molecule has 3 aromatic rings. The lowest BCUT2D eigenvalue weighted by atomic mass is 10.2. The van der Waals surface area contributed by atoms with E-state index in [0.29, 0.717) is 25.1 Å². The number of ether oxygens (including phenoxy) is 2. The van der Waals surface area contributed by atoms with Gasteiger partial charge in [0.1, 0.15) is 12.7 Å². The van der Waals surface area contributed by atoms with Crippen LogP contribution in [0.25, 0.3) is 11.3 Å². The van der Waals surface area contributed by atoms with Gasteiger partial charge in [0.15, 0.2) is 11.5 Å². The molecule has 1 aliphatic heterocycles. The third-order valence-corrected chi connectivity index (χ3v) is 4.16. The molecule has 0 unspecified atom stereocenters. The van der Waals surface area contributed by atoms with E-state index in [1.54, 1.807) is 30.9 Å². The normalized spacial score (nSPS) is 15.5. The number of nitrogens with zero attached hydrogens (tertiary/aromatic N) is 1. The van der Waals surface area contributed by atoms with Crippen LogP contribution >= 0.6 is 0 Å². The van der Waals surface area contributed by atoms with Crippen molar-refractivity contribution < 1.29 is 18.7 Å². The number of benzene rings is 1. The van der Waals surface area contributed by atoms with E-state index < -0.39 is 0 Å². The van der Waals surface area contributed by atoms with Crippen LogP contribution < -0.4 is 14.8 Å². The van der Waals surface area contributed by atoms with Gasteiger partial charge in [0.05, 0.1) is 23.8 Å². The van der Waals surface area contributed by atoms with E-state index in [1.165, 1.54) is 0 Å². The molecule has 132 valence electrons. The Bertz CT molecular complexity index is 875. The molecule has 3 heterocycles. The molecule has 0 saturated heterocycles. The summed E-state index contributed by atoms with van der Waals surface area (Å²) < 4.78 is 16.6. The number of carbonyl (C=O) groups is 1. The molecule has 1 atom stereocenters. The average molecular weight is 350 g/mol. The van der Waals surface area contributed by atoms with Crippen LogP contribution in [0.1, 0.15) is 16.8 Å². The van der Waals surface area contributed by atoms with Gasteiger partial charge >= 0.3 is 0 Å². The number of amides is 1. The maximum absolute atomic E-state index is 12.2. The molecule has 4 rings (SSSR count). The molecule has 1 aliphatic rings. The molecular formula is C20H18N2O4. The fraction of sp³-hybridized carbons (Fsp3) is 0.200. The Hall–Kier alpha value is -3.28. The van der Waals surface area contributed by atoms with E-state index in [2.05, 4.69) is 10.3 Å². The van der Waals surface area contributed by atoms with Crippen LogP contribution in [-0.2, 0) is 0 Å². The fourth-order valence-corrected chi connectivity index (χ4v) is 2.76. The summed E-state index contributed by atoms with van der Waals surface area (Å²) in [5.41, 5.74) is 2.16. The molecule has 0 saturated carbocycles. The van der Waals surface area contributed by atoms with Crippen LogP contribution in [0.3, 0.4) is 0 Å². The highest BCUT2D eigenvalue weighted by Crippen LogP contribution is 2.31. The number of hydrogen-bond donors (Lipinski definition) is 1. The zero-order valence-electron chi connectivity index (χ0n) is 14.1. The van der Waals surface area contributed by atoms with Gasteiger partial charge in [-0.2, -0.15) is 0 Å². The Balaban J connectivity index is 1.28. The smallest absolute Gasteiger partial charge is 0.252 e. The zero-order valence-corrected chi connectivity index (χ0v) is 14.1. The molecule has 26 heavy (non-hydrogen) atoms. The molecule has 0 fully saturated rings. The number of hydrogen-bond acceptors (Lipinski definition) is 5. The van der Waals surface area contributed by atoms with Crippen LogP contribution in [0.2, 0.25) is 0 Å². The Kier molecular flexibility index (Phi) is 4.55. The summed E-state index contributed by atoms with van der Waals surface area (Å²) in [7, 11) is 0. The molecule has 6 nitrogen and oxygen atoms in total. The van der Waals surface area contributed by atoms with Crippen molar-refractivity contribution in [1.82, 2.24) is 10.3 Å². The minimum atomic E-state index is -0.159. The van der Waals surface area contributed by atoms with Gasteiger partial charge in [-0.05, 0) is 30.3 Å². The van der Waals surface area contributed by atoms with Crippen LogP contribution in [0.15, 0.2) is 65.6 Å². The summed E-state index contributed by atoms with van der Waals surface area (Å²) in [5, 5.41) is 2.89. The average Bonchev–Trinajstić information content (AvgIpc) is 3.23. The summed E-state index contributed by atoms with van der Waals surface area (Å²) in [6.45, 7) is 0.979. The van der Waals surface area contributed by atoms with E-state index in [4.69, 9.17) is 13.9 Å². The van der Waals surface area contributed by atoms with Gasteiger partial charge < -0.3 is 19.2 Å². The Morgan fingerprint density at radius 3 is 2.81 bits per heavy atom. The molecule has 0 aliphatic carbocycles. The van der Waals surface area contributed by atoms with Crippen LogP contribution in [0, 0.1) is 0 Å². The van der Waals surface area contributed by atoms with E-state index in [-0.39, 0.29) is 12.0 Å². The lowest BCUT2D eigenvalue weighted by Gasteiger charge is -2.26. The summed E-state index contributed by atoms with van der Waals surface area (Å²) in [5.74, 6) is 1.35. The summed E-state index contributed by atoms with van der Waals surface area (Å²) in [4.78, 5) is 16.5. The van der Waals surface area contributed by atoms with Crippen molar-refractivity contribution in [3.05, 3.63) is 66.8 Å². The van der Waals surface area contributed by atoms with Gasteiger partial charge in [-0.1, -0.05) is 12.1 Å². The zero-order chi connectivity index (χ0) is 17.8. The first-order chi connectivity index (χ1) is 12.8. The highest BCUT2D eigenvalue weighted by atomic mass is 16.6. The van der Waals surface area contributed by atoms with Crippen molar-refractivity contribution in [3.63, 3.8) is 0 Å². The van der Waals surface area contributed by atoms with E-state index in [1.807, 2.05) is 30.3 Å². The van der Waals surface area contributed by atoms with Crippen molar-refractivity contribution in [3.8, 4) is 22.8 Å². The van der Waals surface area contributed by atoms with Crippen molar-refractivity contribution in [1.29, 1.82) is 0 Å². The maximum atomic E-state index is 12.2. The predicted molar refractivity (Wildman–Crippen MR) is 95.2 cm³/mol. The first-order valence-electron chi connectivity index (χ1n) is 8.45. The number of carbonyl (C=O) groups excluding carboxylic acids is 1. The lowest BCUT2D eigenvalue weighted by Crippen LogP contribution is -2.34. The Morgan fingerprint density at radius 1 is 1.15 bits per heavy atom. The summed E-state index contributed by atoms with van der Waals surface area (Å²) in [6, 6.07) is 13.0. The molecule has 2 aromatic heterocycles. The molecule has 0 radical (unpaired) electrons. The van der Waals surface area contributed by atoms with E-state index in [0.717, 1.165) is 22.8 Å². The molecule has 1 aromatic carbocycles. The van der Waals surface area contributed by atoms with Crippen LogP contribution in [-0.4, -0.2) is 30.1 Å². The molecule has 0 bridgehead atoms. The van der Waals surface area contributed by atoms with Crippen LogP contribution in [0.5, 0.6) is 11.5 Å². The second-order valence-electron chi connectivity index (χ2n) is 5.99. The number of aromatic nitrogens is 1. The van der Waals surface area contributed by atoms with Crippen molar-refractivity contribution >= 4 is 5.91 Å². The van der Waals surface area contributed by atoms with E-state index >= 15 is 0 Å².